The summed E-state index contributed by atoms with van der Waals surface area (Å²) in [6, 6.07) is -0.538. The molecule has 0 spiro atoms. The van der Waals surface area contributed by atoms with E-state index in [0.29, 0.717) is 25.9 Å². The maximum absolute atomic E-state index is 12.5. The summed E-state index contributed by atoms with van der Waals surface area (Å²) in [5.41, 5.74) is 0. The highest BCUT2D eigenvalue weighted by atomic mass is 16.5. The molecule has 0 saturated heterocycles. The van der Waals surface area contributed by atoms with E-state index in [0.717, 1.165) is 44.9 Å². The molecule has 0 heterocycles. The molecular weight excluding hydrogens is 935 g/mol. The van der Waals surface area contributed by atoms with Gasteiger partial charge in [0, 0.05) is 12.8 Å². The van der Waals surface area contributed by atoms with E-state index in [1.54, 1.807) is 0 Å². The predicted molar refractivity (Wildman–Crippen MR) is 333 cm³/mol. The number of hydrogen-bond donors (Lipinski definition) is 3. The Kier molecular flexibility index (Phi) is 64.4. The Morgan fingerprint density at radius 1 is 0.355 bits per heavy atom. The third kappa shape index (κ3) is 61.6. The summed E-state index contributed by atoms with van der Waals surface area (Å²) >= 11 is 0. The predicted octanol–water partition coefficient (Wildman–Crippen LogP) is 22.1. The number of ether oxygens (including phenoxy) is 1. The zero-order chi connectivity index (χ0) is 55.0. The van der Waals surface area contributed by atoms with Crippen LogP contribution in [0.5, 0.6) is 0 Å². The van der Waals surface area contributed by atoms with Crippen molar-refractivity contribution in [2.45, 2.75) is 398 Å². The van der Waals surface area contributed by atoms with Gasteiger partial charge in [-0.2, -0.15) is 0 Å². The first-order chi connectivity index (χ1) is 37.5. The molecule has 0 saturated carbocycles. The Morgan fingerprint density at radius 2 is 0.618 bits per heavy atom. The second-order valence-corrected chi connectivity index (χ2v) is 23.9. The molecule has 0 aromatic rings. The van der Waals surface area contributed by atoms with Crippen LogP contribution in [-0.4, -0.2) is 47.4 Å². The third-order valence-corrected chi connectivity index (χ3v) is 16.2. The van der Waals surface area contributed by atoms with Gasteiger partial charge >= 0.3 is 5.97 Å². The first kappa shape index (κ1) is 74.3. The van der Waals surface area contributed by atoms with E-state index in [4.69, 9.17) is 4.74 Å². The van der Waals surface area contributed by atoms with Gasteiger partial charge in [-0.1, -0.05) is 321 Å². The smallest absolute Gasteiger partial charge is 0.305 e. The standard InChI is InChI=1S/C70H135NO5/c1-3-5-7-9-11-13-15-17-40-44-48-52-56-60-64-70(75)76-65-61-57-53-49-45-41-37-35-33-31-29-27-25-23-21-19-18-20-22-24-26-28-30-32-34-36-39-43-47-51-55-59-63-69(74)71-67(66-72)68(73)62-58-54-50-46-42-38-16-14-12-10-8-6-4-2/h15,17,21,23,67-68,72-73H,3-14,16,18-20,22,24-66H2,1-2H3,(H,71,74)/b17-15-,23-21-. The molecule has 0 aromatic heterocycles. The molecule has 2 atom stereocenters. The second kappa shape index (κ2) is 65.9. The molecule has 0 aromatic carbocycles. The summed E-state index contributed by atoms with van der Waals surface area (Å²) in [7, 11) is 0. The van der Waals surface area contributed by atoms with E-state index in [1.807, 2.05) is 0 Å². The van der Waals surface area contributed by atoms with Crippen LogP contribution in [0.3, 0.4) is 0 Å². The fourth-order valence-corrected chi connectivity index (χ4v) is 10.9. The molecule has 1 amide bonds. The molecule has 0 aliphatic carbocycles. The number of unbranched alkanes of at least 4 members (excludes halogenated alkanes) is 50. The zero-order valence-electron chi connectivity index (χ0n) is 51.5. The minimum absolute atomic E-state index is 0.0101. The fraction of sp³-hybridized carbons (Fsp3) is 0.914. The lowest BCUT2D eigenvalue weighted by atomic mass is 10.0. The quantitative estimate of drug-likeness (QED) is 0.0320. The van der Waals surface area contributed by atoms with Crippen molar-refractivity contribution in [2.24, 2.45) is 0 Å². The number of carbonyl (C=O) groups is 2. The monoisotopic (exact) mass is 1070 g/mol. The lowest BCUT2D eigenvalue weighted by Crippen LogP contribution is -2.45. The molecule has 0 fully saturated rings. The minimum atomic E-state index is -0.661. The highest BCUT2D eigenvalue weighted by Gasteiger charge is 2.20. The Morgan fingerprint density at radius 3 is 0.934 bits per heavy atom. The number of allylic oxidation sites excluding steroid dienone is 4. The van der Waals surface area contributed by atoms with E-state index in [1.165, 1.54) is 308 Å². The van der Waals surface area contributed by atoms with Gasteiger partial charge in [-0.25, -0.2) is 0 Å². The third-order valence-electron chi connectivity index (χ3n) is 16.2. The fourth-order valence-electron chi connectivity index (χ4n) is 10.9. The molecule has 0 bridgehead atoms. The van der Waals surface area contributed by atoms with Crippen LogP contribution in [0.1, 0.15) is 386 Å². The van der Waals surface area contributed by atoms with Crippen LogP contribution in [0.15, 0.2) is 24.3 Å². The molecular formula is C70H135NO5. The molecule has 0 radical (unpaired) electrons. The number of aliphatic hydroxyl groups excluding tert-OH is 2. The van der Waals surface area contributed by atoms with E-state index in [2.05, 4.69) is 43.5 Å². The van der Waals surface area contributed by atoms with Crippen LogP contribution in [0.25, 0.3) is 0 Å². The number of esters is 1. The Labute approximate surface area is 475 Å². The molecule has 6 nitrogen and oxygen atoms in total. The maximum atomic E-state index is 12.5. The van der Waals surface area contributed by atoms with Crippen LogP contribution >= 0.6 is 0 Å². The van der Waals surface area contributed by atoms with Gasteiger partial charge in [0.05, 0.1) is 25.4 Å². The number of hydrogen-bond acceptors (Lipinski definition) is 5. The van der Waals surface area contributed by atoms with Gasteiger partial charge < -0.3 is 20.3 Å². The summed E-state index contributed by atoms with van der Waals surface area (Å²) in [5, 5.41) is 23.3. The Hall–Kier alpha value is -1.66. The highest BCUT2D eigenvalue weighted by Crippen LogP contribution is 2.18. The Bertz CT molecular complexity index is 1190. The second-order valence-electron chi connectivity index (χ2n) is 23.9. The van der Waals surface area contributed by atoms with Crippen LogP contribution in [0.2, 0.25) is 0 Å². The first-order valence-electron chi connectivity index (χ1n) is 34.6. The van der Waals surface area contributed by atoms with E-state index >= 15 is 0 Å². The molecule has 3 N–H and O–H groups in total. The van der Waals surface area contributed by atoms with Crippen molar-refractivity contribution in [3.8, 4) is 0 Å². The van der Waals surface area contributed by atoms with E-state index in [-0.39, 0.29) is 18.5 Å². The maximum Gasteiger partial charge on any atom is 0.305 e. The summed E-state index contributed by atoms with van der Waals surface area (Å²) in [6.45, 7) is 4.97. The van der Waals surface area contributed by atoms with Crippen molar-refractivity contribution >= 4 is 11.9 Å². The van der Waals surface area contributed by atoms with Crippen LogP contribution in [0.4, 0.5) is 0 Å². The van der Waals surface area contributed by atoms with Gasteiger partial charge in [-0.15, -0.1) is 0 Å². The lowest BCUT2D eigenvalue weighted by Gasteiger charge is -2.22. The van der Waals surface area contributed by atoms with Crippen LogP contribution in [0, 0.1) is 0 Å². The van der Waals surface area contributed by atoms with Crippen LogP contribution < -0.4 is 5.32 Å². The van der Waals surface area contributed by atoms with Gasteiger partial charge in [-0.3, -0.25) is 9.59 Å². The number of nitrogens with one attached hydrogen (secondary N) is 1. The first-order valence-corrected chi connectivity index (χ1v) is 34.6. The molecule has 6 heteroatoms. The largest absolute Gasteiger partial charge is 0.466 e. The highest BCUT2D eigenvalue weighted by molar-refractivity contribution is 5.76. The molecule has 0 rings (SSSR count). The molecule has 450 valence electrons. The number of carbonyl (C=O) groups excluding carboxylic acids is 2. The van der Waals surface area contributed by atoms with Crippen molar-refractivity contribution < 1.29 is 24.5 Å². The van der Waals surface area contributed by atoms with Gasteiger partial charge in [0.15, 0.2) is 0 Å². The van der Waals surface area contributed by atoms with Crippen LogP contribution in [-0.2, 0) is 14.3 Å². The average molecular weight is 1070 g/mol. The number of rotatable bonds is 65. The van der Waals surface area contributed by atoms with Gasteiger partial charge in [-0.05, 0) is 77.0 Å². The summed E-state index contributed by atoms with van der Waals surface area (Å²) in [5.74, 6) is -0.0204. The zero-order valence-corrected chi connectivity index (χ0v) is 51.5. The normalized spacial score (nSPS) is 12.6. The minimum Gasteiger partial charge on any atom is -0.466 e. The molecule has 0 aliphatic rings. The van der Waals surface area contributed by atoms with Gasteiger partial charge in [0.25, 0.3) is 0 Å². The summed E-state index contributed by atoms with van der Waals surface area (Å²) in [4.78, 5) is 24.5. The molecule has 0 aliphatic heterocycles. The van der Waals surface area contributed by atoms with Crippen molar-refractivity contribution in [3.63, 3.8) is 0 Å². The molecule has 76 heavy (non-hydrogen) atoms. The Balaban J connectivity index is 3.34. The summed E-state index contributed by atoms with van der Waals surface area (Å²) in [6.07, 6.45) is 82.3. The van der Waals surface area contributed by atoms with Crippen molar-refractivity contribution in [1.29, 1.82) is 0 Å². The number of aliphatic hydroxyl groups is 2. The van der Waals surface area contributed by atoms with Gasteiger partial charge in [0.1, 0.15) is 0 Å². The SMILES string of the molecule is CCCCCCC/C=C\CCCCCCCC(=O)OCCCCCCCCCCCCCC/C=C\CCCCCCCCCCCCCCCCCCC(=O)NC(CO)C(O)CCCCCCCCCCCCCCC. The van der Waals surface area contributed by atoms with Crippen molar-refractivity contribution in [3.05, 3.63) is 24.3 Å². The van der Waals surface area contributed by atoms with E-state index < -0.39 is 12.1 Å². The van der Waals surface area contributed by atoms with Crippen molar-refractivity contribution in [1.82, 2.24) is 5.32 Å². The average Bonchev–Trinajstić information content (AvgIpc) is 3.42. The summed E-state index contributed by atoms with van der Waals surface area (Å²) < 4.78 is 5.48. The number of amides is 1. The van der Waals surface area contributed by atoms with E-state index in [9.17, 15) is 19.8 Å². The topological polar surface area (TPSA) is 95.9 Å². The van der Waals surface area contributed by atoms with Gasteiger partial charge in [0.2, 0.25) is 5.91 Å². The molecule has 2 unspecified atom stereocenters. The van der Waals surface area contributed by atoms with Crippen molar-refractivity contribution in [2.75, 3.05) is 13.2 Å². The lowest BCUT2D eigenvalue weighted by molar-refractivity contribution is -0.143.